The van der Waals surface area contributed by atoms with E-state index in [1.54, 1.807) is 11.3 Å². The van der Waals surface area contributed by atoms with E-state index < -0.39 is 0 Å². The lowest BCUT2D eigenvalue weighted by atomic mass is 9.93. The first-order valence-corrected chi connectivity index (χ1v) is 7.48. The second kappa shape index (κ2) is 5.30. The lowest BCUT2D eigenvalue weighted by Crippen LogP contribution is -2.00. The maximum atomic E-state index is 7.59. The minimum absolute atomic E-state index is 0.0998. The monoisotopic (exact) mass is 271 g/mol. The van der Waals surface area contributed by atoms with Crippen LogP contribution >= 0.6 is 11.3 Å². The number of rotatable bonds is 3. The average Bonchev–Trinajstić information content (AvgIpc) is 2.61. The zero-order valence-electron chi connectivity index (χ0n) is 12.0. The number of allylic oxidation sites excluding steroid dienone is 3. The Kier molecular flexibility index (Phi) is 3.91. The summed E-state index contributed by atoms with van der Waals surface area (Å²) in [6.07, 6.45) is 14.7. The molecule has 0 spiro atoms. The highest BCUT2D eigenvalue weighted by molar-refractivity contribution is 7.15. The smallest absolute Gasteiger partial charge is 0.0530 e. The molecule has 2 rings (SSSR count). The SMILES string of the molecule is CC(C)/C=C\c1c(C=N)sc2c1C=CC(C)(C)C=C2. The van der Waals surface area contributed by atoms with Gasteiger partial charge in [-0.25, -0.2) is 0 Å². The fourth-order valence-electron chi connectivity index (χ4n) is 2.00. The van der Waals surface area contributed by atoms with Gasteiger partial charge in [0.25, 0.3) is 0 Å². The summed E-state index contributed by atoms with van der Waals surface area (Å²) >= 11 is 1.70. The van der Waals surface area contributed by atoms with Crippen molar-refractivity contribution >= 4 is 35.8 Å². The Balaban J connectivity index is 2.54. The predicted octanol–water partition coefficient (Wildman–Crippen LogP) is 5.48. The summed E-state index contributed by atoms with van der Waals surface area (Å²) in [6, 6.07) is 0. The standard InChI is InChI=1S/C17H21NS/c1-12(2)5-6-13-14-7-9-17(3,4)10-8-15(14)19-16(13)11-18/h5-12,18H,1-4H3/b6-5-,18-11?. The number of hydrogen-bond donors (Lipinski definition) is 1. The van der Waals surface area contributed by atoms with E-state index in [4.69, 9.17) is 5.41 Å². The van der Waals surface area contributed by atoms with Gasteiger partial charge in [0.1, 0.15) is 0 Å². The van der Waals surface area contributed by atoms with Gasteiger partial charge in [0.2, 0.25) is 0 Å². The van der Waals surface area contributed by atoms with E-state index in [0.29, 0.717) is 5.92 Å². The van der Waals surface area contributed by atoms with Crippen molar-refractivity contribution in [2.24, 2.45) is 11.3 Å². The van der Waals surface area contributed by atoms with E-state index >= 15 is 0 Å². The average molecular weight is 271 g/mol. The van der Waals surface area contributed by atoms with Gasteiger partial charge in [0.05, 0.1) is 4.88 Å². The molecule has 1 heterocycles. The molecule has 0 amide bonds. The van der Waals surface area contributed by atoms with Crippen molar-refractivity contribution in [3.05, 3.63) is 39.1 Å². The van der Waals surface area contributed by atoms with Crippen molar-refractivity contribution < 1.29 is 0 Å². The summed E-state index contributed by atoms with van der Waals surface area (Å²) in [5.41, 5.74) is 2.53. The minimum atomic E-state index is 0.0998. The van der Waals surface area contributed by atoms with Gasteiger partial charge in [0, 0.05) is 27.6 Å². The number of nitrogens with one attached hydrogen (secondary N) is 1. The van der Waals surface area contributed by atoms with Crippen molar-refractivity contribution in [3.63, 3.8) is 0 Å². The molecule has 0 fully saturated rings. The largest absolute Gasteiger partial charge is 0.307 e. The molecule has 0 atom stereocenters. The summed E-state index contributed by atoms with van der Waals surface area (Å²) in [6.45, 7) is 8.75. The molecular formula is C17H21NS. The van der Waals surface area contributed by atoms with Crippen LogP contribution in [0, 0.1) is 16.7 Å². The molecule has 100 valence electrons. The van der Waals surface area contributed by atoms with Crippen LogP contribution in [0.5, 0.6) is 0 Å². The lowest BCUT2D eigenvalue weighted by molar-refractivity contribution is 0.633. The zero-order valence-corrected chi connectivity index (χ0v) is 12.8. The molecule has 0 saturated carbocycles. The molecule has 1 aliphatic rings. The van der Waals surface area contributed by atoms with Crippen molar-refractivity contribution in [2.45, 2.75) is 27.7 Å². The van der Waals surface area contributed by atoms with E-state index in [0.717, 1.165) is 4.88 Å². The van der Waals surface area contributed by atoms with Crippen LogP contribution in [-0.4, -0.2) is 6.21 Å². The maximum absolute atomic E-state index is 7.59. The Hall–Kier alpha value is -1.41. The topological polar surface area (TPSA) is 23.9 Å². The van der Waals surface area contributed by atoms with Gasteiger partial charge >= 0.3 is 0 Å². The van der Waals surface area contributed by atoms with Crippen LogP contribution < -0.4 is 0 Å². The van der Waals surface area contributed by atoms with E-state index in [-0.39, 0.29) is 5.41 Å². The van der Waals surface area contributed by atoms with Crippen LogP contribution in [0.15, 0.2) is 18.2 Å². The molecule has 1 aliphatic carbocycles. The number of thiophene rings is 1. The molecule has 0 unspecified atom stereocenters. The molecule has 0 aliphatic heterocycles. The Morgan fingerprint density at radius 2 is 1.89 bits per heavy atom. The first-order chi connectivity index (χ1) is 8.93. The summed E-state index contributed by atoms with van der Waals surface area (Å²) in [7, 11) is 0. The van der Waals surface area contributed by atoms with Crippen molar-refractivity contribution in [1.82, 2.24) is 0 Å². The van der Waals surface area contributed by atoms with Crippen molar-refractivity contribution in [1.29, 1.82) is 5.41 Å². The highest BCUT2D eigenvalue weighted by atomic mass is 32.1. The molecule has 2 heteroatoms. The van der Waals surface area contributed by atoms with Crippen LogP contribution in [0.2, 0.25) is 0 Å². The molecule has 1 aromatic rings. The maximum Gasteiger partial charge on any atom is 0.0530 e. The second-order valence-electron chi connectivity index (χ2n) is 5.89. The summed E-state index contributed by atoms with van der Waals surface area (Å²) in [5, 5.41) is 7.59. The van der Waals surface area contributed by atoms with Gasteiger partial charge in [-0.1, -0.05) is 58.1 Å². The van der Waals surface area contributed by atoms with Gasteiger partial charge in [-0.3, -0.25) is 0 Å². The molecule has 0 aromatic carbocycles. The predicted molar refractivity (Wildman–Crippen MR) is 87.9 cm³/mol. The van der Waals surface area contributed by atoms with E-state index in [2.05, 4.69) is 64.2 Å². The first kappa shape index (κ1) is 14.0. The normalized spacial score (nSPS) is 16.9. The lowest BCUT2D eigenvalue weighted by Gasteiger charge is -2.12. The number of hydrogen-bond acceptors (Lipinski definition) is 2. The zero-order chi connectivity index (χ0) is 14.0. The van der Waals surface area contributed by atoms with Crippen LogP contribution in [0.25, 0.3) is 18.2 Å². The van der Waals surface area contributed by atoms with Crippen LogP contribution in [-0.2, 0) is 0 Å². The summed E-state index contributed by atoms with van der Waals surface area (Å²) in [5.74, 6) is 0.524. The van der Waals surface area contributed by atoms with Crippen LogP contribution in [0.1, 0.15) is 48.6 Å². The molecule has 1 nitrogen and oxygen atoms in total. The van der Waals surface area contributed by atoms with Crippen molar-refractivity contribution in [3.8, 4) is 0 Å². The van der Waals surface area contributed by atoms with Gasteiger partial charge in [-0.2, -0.15) is 0 Å². The van der Waals surface area contributed by atoms with Gasteiger partial charge in [-0.05, 0) is 12.0 Å². The Morgan fingerprint density at radius 1 is 1.21 bits per heavy atom. The summed E-state index contributed by atoms with van der Waals surface area (Å²) < 4.78 is 0. The van der Waals surface area contributed by atoms with Gasteiger partial charge < -0.3 is 5.41 Å². The molecule has 1 aromatic heterocycles. The van der Waals surface area contributed by atoms with Gasteiger partial charge in [0.15, 0.2) is 0 Å². The van der Waals surface area contributed by atoms with Crippen molar-refractivity contribution in [2.75, 3.05) is 0 Å². The fraction of sp³-hybridized carbons (Fsp3) is 0.353. The van der Waals surface area contributed by atoms with E-state index in [1.165, 1.54) is 22.2 Å². The quantitative estimate of drug-likeness (QED) is 0.704. The molecular weight excluding hydrogens is 250 g/mol. The minimum Gasteiger partial charge on any atom is -0.307 e. The van der Waals surface area contributed by atoms with Gasteiger partial charge in [-0.15, -0.1) is 11.3 Å². The number of fused-ring (bicyclic) bond motifs is 1. The van der Waals surface area contributed by atoms with E-state index in [1.807, 2.05) is 0 Å². The molecule has 0 bridgehead atoms. The molecule has 0 radical (unpaired) electrons. The molecule has 1 N–H and O–H groups in total. The summed E-state index contributed by atoms with van der Waals surface area (Å²) in [4.78, 5) is 2.29. The Morgan fingerprint density at radius 3 is 2.53 bits per heavy atom. The molecule has 0 saturated heterocycles. The molecule has 19 heavy (non-hydrogen) atoms. The third-order valence-corrected chi connectivity index (χ3v) is 4.30. The van der Waals surface area contributed by atoms with Crippen LogP contribution in [0.4, 0.5) is 0 Å². The fourth-order valence-corrected chi connectivity index (χ4v) is 3.01. The third kappa shape index (κ3) is 3.13. The van der Waals surface area contributed by atoms with Crippen LogP contribution in [0.3, 0.4) is 0 Å². The third-order valence-electron chi connectivity index (χ3n) is 3.16. The highest BCUT2D eigenvalue weighted by Crippen LogP contribution is 2.36. The van der Waals surface area contributed by atoms with E-state index in [9.17, 15) is 0 Å². The Bertz CT molecular complexity index is 568. The Labute approximate surface area is 119 Å². The second-order valence-corrected chi connectivity index (χ2v) is 6.98. The highest BCUT2D eigenvalue weighted by Gasteiger charge is 2.17. The first-order valence-electron chi connectivity index (χ1n) is 6.67.